The van der Waals surface area contributed by atoms with E-state index in [0.29, 0.717) is 5.75 Å². The number of benzene rings is 3. The van der Waals surface area contributed by atoms with E-state index in [-0.39, 0.29) is 24.4 Å². The van der Waals surface area contributed by atoms with E-state index in [4.69, 9.17) is 4.74 Å². The largest absolute Gasteiger partial charge is 0.464 e. The molecule has 128 valence electrons. The van der Waals surface area contributed by atoms with Crippen LogP contribution in [-0.4, -0.2) is 23.1 Å². The average Bonchev–Trinajstić information content (AvgIpc) is 2.62. The zero-order valence-electron chi connectivity index (χ0n) is 14.0. The SMILES string of the molecule is OC[C@@H]1CC(C(O)Oc2cccc3ccccc23)[C@H]1c1ccccc1. The fourth-order valence-electron chi connectivity index (χ4n) is 3.99. The van der Waals surface area contributed by atoms with Crippen LogP contribution in [0.15, 0.2) is 72.8 Å². The molecule has 0 aromatic heterocycles. The second-order valence-corrected chi connectivity index (χ2v) is 6.76. The summed E-state index contributed by atoms with van der Waals surface area (Å²) in [6.45, 7) is 0.136. The minimum absolute atomic E-state index is 0.0153. The predicted molar refractivity (Wildman–Crippen MR) is 98.4 cm³/mol. The summed E-state index contributed by atoms with van der Waals surface area (Å²) in [6.07, 6.45) is -0.124. The van der Waals surface area contributed by atoms with Gasteiger partial charge < -0.3 is 14.9 Å². The molecule has 2 unspecified atom stereocenters. The molecule has 4 atom stereocenters. The van der Waals surface area contributed by atoms with E-state index >= 15 is 0 Å². The Bertz CT molecular complexity index is 841. The smallest absolute Gasteiger partial charge is 0.200 e. The van der Waals surface area contributed by atoms with Gasteiger partial charge in [0.1, 0.15) is 5.75 Å². The lowest BCUT2D eigenvalue weighted by molar-refractivity contribution is -0.119. The van der Waals surface area contributed by atoms with Crippen LogP contribution in [0.5, 0.6) is 5.75 Å². The Labute approximate surface area is 147 Å². The molecule has 0 saturated heterocycles. The van der Waals surface area contributed by atoms with Gasteiger partial charge in [-0.05, 0) is 35.3 Å². The minimum Gasteiger partial charge on any atom is -0.464 e. The molecule has 1 aliphatic rings. The molecule has 0 aliphatic heterocycles. The Kier molecular flexibility index (Phi) is 4.43. The highest BCUT2D eigenvalue weighted by atomic mass is 16.6. The van der Waals surface area contributed by atoms with Crippen LogP contribution in [0.25, 0.3) is 10.8 Å². The Morgan fingerprint density at radius 3 is 2.44 bits per heavy atom. The molecule has 2 N–H and O–H groups in total. The normalized spacial score (nSPS) is 23.8. The van der Waals surface area contributed by atoms with Crippen molar-refractivity contribution in [1.82, 2.24) is 0 Å². The third-order valence-corrected chi connectivity index (χ3v) is 5.33. The summed E-state index contributed by atoms with van der Waals surface area (Å²) in [5, 5.41) is 22.4. The predicted octanol–water partition coefficient (Wildman–Crippen LogP) is 3.95. The molecule has 0 heterocycles. The number of ether oxygens (including phenoxy) is 1. The molecular formula is C22H22O3. The minimum atomic E-state index is -0.890. The van der Waals surface area contributed by atoms with Crippen molar-refractivity contribution in [2.24, 2.45) is 11.8 Å². The lowest BCUT2D eigenvalue weighted by Gasteiger charge is -2.46. The average molecular weight is 334 g/mol. The summed E-state index contributed by atoms with van der Waals surface area (Å²) in [4.78, 5) is 0. The summed E-state index contributed by atoms with van der Waals surface area (Å²) >= 11 is 0. The van der Waals surface area contributed by atoms with E-state index in [1.165, 1.54) is 0 Å². The lowest BCUT2D eigenvalue weighted by Crippen LogP contribution is -2.45. The van der Waals surface area contributed by atoms with Crippen LogP contribution in [-0.2, 0) is 0 Å². The fourth-order valence-corrected chi connectivity index (χ4v) is 3.99. The Morgan fingerprint density at radius 1 is 0.920 bits per heavy atom. The summed E-state index contributed by atoms with van der Waals surface area (Å²) in [5.41, 5.74) is 1.15. The third kappa shape index (κ3) is 3.01. The first-order valence-corrected chi connectivity index (χ1v) is 8.76. The number of hydrogen-bond donors (Lipinski definition) is 2. The second kappa shape index (κ2) is 6.87. The monoisotopic (exact) mass is 334 g/mol. The first-order valence-electron chi connectivity index (χ1n) is 8.76. The highest BCUT2D eigenvalue weighted by molar-refractivity contribution is 5.88. The van der Waals surface area contributed by atoms with Crippen LogP contribution >= 0.6 is 0 Å². The number of hydrogen-bond acceptors (Lipinski definition) is 3. The molecule has 3 heteroatoms. The van der Waals surface area contributed by atoms with Gasteiger partial charge in [0.25, 0.3) is 0 Å². The van der Waals surface area contributed by atoms with Crippen LogP contribution in [0.1, 0.15) is 17.9 Å². The Balaban J connectivity index is 1.57. The number of fused-ring (bicyclic) bond motifs is 1. The van der Waals surface area contributed by atoms with Gasteiger partial charge in [-0.25, -0.2) is 0 Å². The van der Waals surface area contributed by atoms with Crippen molar-refractivity contribution in [3.63, 3.8) is 0 Å². The zero-order valence-corrected chi connectivity index (χ0v) is 14.0. The molecule has 0 spiro atoms. The molecule has 1 fully saturated rings. The van der Waals surface area contributed by atoms with Crippen LogP contribution < -0.4 is 4.74 Å². The Morgan fingerprint density at radius 2 is 1.64 bits per heavy atom. The van der Waals surface area contributed by atoms with Crippen molar-refractivity contribution in [3.8, 4) is 5.75 Å². The fraction of sp³-hybridized carbons (Fsp3) is 0.273. The molecule has 4 rings (SSSR count). The maximum atomic E-state index is 10.7. The van der Waals surface area contributed by atoms with Crippen molar-refractivity contribution >= 4 is 10.8 Å². The van der Waals surface area contributed by atoms with Gasteiger partial charge in [0.2, 0.25) is 6.29 Å². The maximum Gasteiger partial charge on any atom is 0.200 e. The van der Waals surface area contributed by atoms with E-state index < -0.39 is 6.29 Å². The van der Waals surface area contributed by atoms with Gasteiger partial charge in [-0.1, -0.05) is 66.7 Å². The molecule has 3 aromatic carbocycles. The van der Waals surface area contributed by atoms with E-state index in [2.05, 4.69) is 12.1 Å². The molecule has 1 aliphatic carbocycles. The molecule has 3 nitrogen and oxygen atoms in total. The first kappa shape index (κ1) is 16.1. The van der Waals surface area contributed by atoms with Gasteiger partial charge in [-0.3, -0.25) is 0 Å². The summed E-state index contributed by atoms with van der Waals surface area (Å²) in [7, 11) is 0. The van der Waals surface area contributed by atoms with Gasteiger partial charge in [-0.2, -0.15) is 0 Å². The van der Waals surface area contributed by atoms with Crippen LogP contribution in [0.3, 0.4) is 0 Å². The van der Waals surface area contributed by atoms with Crippen molar-refractivity contribution < 1.29 is 14.9 Å². The molecule has 0 bridgehead atoms. The summed E-state index contributed by atoms with van der Waals surface area (Å²) in [5.74, 6) is 0.984. The van der Waals surface area contributed by atoms with Crippen molar-refractivity contribution in [3.05, 3.63) is 78.4 Å². The zero-order chi connectivity index (χ0) is 17.2. The van der Waals surface area contributed by atoms with E-state index in [1.807, 2.05) is 60.7 Å². The van der Waals surface area contributed by atoms with Crippen molar-refractivity contribution in [2.45, 2.75) is 18.6 Å². The van der Waals surface area contributed by atoms with E-state index in [9.17, 15) is 10.2 Å². The van der Waals surface area contributed by atoms with Crippen LogP contribution in [0.4, 0.5) is 0 Å². The molecular weight excluding hydrogens is 312 g/mol. The topological polar surface area (TPSA) is 49.7 Å². The van der Waals surface area contributed by atoms with Crippen LogP contribution in [0, 0.1) is 11.8 Å². The van der Waals surface area contributed by atoms with Gasteiger partial charge in [0.15, 0.2) is 0 Å². The number of rotatable bonds is 5. The lowest BCUT2D eigenvalue weighted by atomic mass is 9.62. The van der Waals surface area contributed by atoms with Gasteiger partial charge >= 0.3 is 0 Å². The first-order chi connectivity index (χ1) is 12.3. The molecule has 25 heavy (non-hydrogen) atoms. The molecule has 0 radical (unpaired) electrons. The maximum absolute atomic E-state index is 10.7. The highest BCUT2D eigenvalue weighted by Crippen LogP contribution is 2.49. The van der Waals surface area contributed by atoms with Gasteiger partial charge in [0.05, 0.1) is 0 Å². The summed E-state index contributed by atoms with van der Waals surface area (Å²) < 4.78 is 5.95. The van der Waals surface area contributed by atoms with E-state index in [1.54, 1.807) is 0 Å². The number of aliphatic hydroxyl groups excluding tert-OH is 2. The highest BCUT2D eigenvalue weighted by Gasteiger charge is 2.46. The standard InChI is InChI=1S/C22H22O3/c23-14-17-13-19(21(17)16-8-2-1-3-9-16)22(24)25-20-12-6-10-15-7-4-5-11-18(15)20/h1-12,17,19,21-24H,13-14H2/t17-,19?,21-,22?/m0/s1. The third-order valence-electron chi connectivity index (χ3n) is 5.33. The quantitative estimate of drug-likeness (QED) is 0.695. The van der Waals surface area contributed by atoms with Crippen LogP contribution in [0.2, 0.25) is 0 Å². The molecule has 0 amide bonds. The molecule has 1 saturated carbocycles. The van der Waals surface area contributed by atoms with Gasteiger partial charge in [0, 0.05) is 17.9 Å². The second-order valence-electron chi connectivity index (χ2n) is 6.76. The Hall–Kier alpha value is -2.36. The van der Waals surface area contributed by atoms with Gasteiger partial charge in [-0.15, -0.1) is 0 Å². The van der Waals surface area contributed by atoms with E-state index in [0.717, 1.165) is 22.8 Å². The van der Waals surface area contributed by atoms with Crippen molar-refractivity contribution in [2.75, 3.05) is 6.61 Å². The van der Waals surface area contributed by atoms with Crippen molar-refractivity contribution in [1.29, 1.82) is 0 Å². The number of aliphatic hydroxyl groups is 2. The summed E-state index contributed by atoms with van der Waals surface area (Å²) in [6, 6.07) is 24.0. The molecule has 3 aromatic rings.